The van der Waals surface area contributed by atoms with Crippen molar-refractivity contribution in [3.05, 3.63) is 48.3 Å². The summed E-state index contributed by atoms with van der Waals surface area (Å²) in [6, 6.07) is 10.9. The Balaban J connectivity index is 1.30. The van der Waals surface area contributed by atoms with Gasteiger partial charge in [-0.3, -0.25) is 9.58 Å². The summed E-state index contributed by atoms with van der Waals surface area (Å²) in [6.07, 6.45) is 5.87. The van der Waals surface area contributed by atoms with E-state index in [0.717, 1.165) is 55.1 Å². The molecule has 1 aliphatic heterocycles. The Bertz CT molecular complexity index is 936. The van der Waals surface area contributed by atoms with Crippen molar-refractivity contribution >= 4 is 16.7 Å². The third-order valence-electron chi connectivity index (χ3n) is 5.54. The van der Waals surface area contributed by atoms with Crippen LogP contribution in [0.1, 0.15) is 18.4 Å². The summed E-state index contributed by atoms with van der Waals surface area (Å²) in [5.41, 5.74) is 3.09. The molecular weight excluding hydrogens is 366 g/mol. The summed E-state index contributed by atoms with van der Waals surface area (Å²) in [6.45, 7) is 4.06. The van der Waals surface area contributed by atoms with Gasteiger partial charge < -0.3 is 14.8 Å². The van der Waals surface area contributed by atoms with E-state index >= 15 is 0 Å². The number of likely N-dealkylation sites (N-methyl/N-ethyl adjacent to an activating group) is 1. The van der Waals surface area contributed by atoms with E-state index in [9.17, 15) is 0 Å². The van der Waals surface area contributed by atoms with E-state index in [0.29, 0.717) is 19.2 Å². The maximum atomic E-state index is 6.01. The highest BCUT2D eigenvalue weighted by Crippen LogP contribution is 2.22. The molecule has 0 unspecified atom stereocenters. The molecule has 0 saturated carbocycles. The normalized spacial score (nSPS) is 15.1. The smallest absolute Gasteiger partial charge is 0.159 e. The largest absolute Gasteiger partial charge is 0.492 e. The molecule has 0 bridgehead atoms. The van der Waals surface area contributed by atoms with Crippen molar-refractivity contribution in [1.82, 2.24) is 19.7 Å². The molecule has 0 radical (unpaired) electrons. The highest BCUT2D eigenvalue weighted by Gasteiger charge is 2.18. The van der Waals surface area contributed by atoms with E-state index in [1.165, 1.54) is 5.56 Å². The van der Waals surface area contributed by atoms with Crippen molar-refractivity contribution in [2.75, 3.05) is 38.7 Å². The van der Waals surface area contributed by atoms with E-state index in [-0.39, 0.29) is 0 Å². The number of aryl methyl sites for hydroxylation is 1. The Morgan fingerprint density at radius 3 is 3.00 bits per heavy atom. The van der Waals surface area contributed by atoms with E-state index in [1.54, 1.807) is 10.9 Å². The highest BCUT2D eigenvalue weighted by molar-refractivity contribution is 5.88. The lowest BCUT2D eigenvalue weighted by molar-refractivity contribution is 0.0392. The molecule has 29 heavy (non-hydrogen) atoms. The molecule has 0 atom stereocenters. The van der Waals surface area contributed by atoms with Gasteiger partial charge in [0.25, 0.3) is 0 Å². The van der Waals surface area contributed by atoms with Crippen LogP contribution >= 0.6 is 0 Å². The lowest BCUT2D eigenvalue weighted by Crippen LogP contribution is -2.38. The Labute approximate surface area is 171 Å². The molecule has 3 aromatic rings. The average molecular weight is 396 g/mol. The zero-order chi connectivity index (χ0) is 20.1. The number of fused-ring (bicyclic) bond motifs is 1. The van der Waals surface area contributed by atoms with Gasteiger partial charge in [-0.05, 0) is 43.7 Å². The van der Waals surface area contributed by atoms with E-state index in [4.69, 9.17) is 9.47 Å². The Hall–Kier alpha value is -2.64. The fourth-order valence-corrected chi connectivity index (χ4v) is 3.76. The van der Waals surface area contributed by atoms with Crippen LogP contribution in [0.2, 0.25) is 0 Å². The highest BCUT2D eigenvalue weighted by atomic mass is 16.5. The zero-order valence-corrected chi connectivity index (χ0v) is 17.2. The molecule has 1 aromatic carbocycles. The van der Waals surface area contributed by atoms with Gasteiger partial charge in [0.1, 0.15) is 12.4 Å². The summed E-state index contributed by atoms with van der Waals surface area (Å²) in [5.74, 6) is 0.908. The second-order valence-electron chi connectivity index (χ2n) is 7.54. The van der Waals surface area contributed by atoms with Gasteiger partial charge in [0, 0.05) is 51.3 Å². The van der Waals surface area contributed by atoms with Gasteiger partial charge in [0.2, 0.25) is 0 Å². The number of nitrogens with zero attached hydrogens (tertiary/aromatic N) is 4. The molecule has 7 nitrogen and oxygen atoms in total. The van der Waals surface area contributed by atoms with E-state index < -0.39 is 0 Å². The number of pyridine rings is 1. The summed E-state index contributed by atoms with van der Waals surface area (Å²) >= 11 is 0. The molecule has 1 fully saturated rings. The molecule has 2 aromatic heterocycles. The van der Waals surface area contributed by atoms with Crippen LogP contribution in [0, 0.1) is 0 Å². The van der Waals surface area contributed by atoms with Gasteiger partial charge in [-0.2, -0.15) is 5.10 Å². The van der Waals surface area contributed by atoms with Crippen LogP contribution < -0.4 is 10.1 Å². The maximum absolute atomic E-state index is 6.01. The second kappa shape index (κ2) is 9.24. The number of hydrogen-bond donors (Lipinski definition) is 1. The third-order valence-corrected chi connectivity index (χ3v) is 5.54. The first-order valence-electron chi connectivity index (χ1n) is 10.2. The van der Waals surface area contributed by atoms with E-state index in [1.807, 2.05) is 31.4 Å². The Morgan fingerprint density at radius 1 is 1.28 bits per heavy atom. The van der Waals surface area contributed by atoms with Gasteiger partial charge in [-0.25, -0.2) is 4.98 Å². The number of ether oxygens (including phenoxy) is 2. The second-order valence-corrected chi connectivity index (χ2v) is 7.54. The van der Waals surface area contributed by atoms with Crippen LogP contribution in [0.3, 0.4) is 0 Å². The van der Waals surface area contributed by atoms with Crippen molar-refractivity contribution in [2.45, 2.75) is 25.4 Å². The fraction of sp³-hybridized carbons (Fsp3) is 0.455. The fourth-order valence-electron chi connectivity index (χ4n) is 3.76. The van der Waals surface area contributed by atoms with Crippen molar-refractivity contribution < 1.29 is 9.47 Å². The molecule has 0 spiro atoms. The molecule has 1 saturated heterocycles. The number of benzene rings is 1. The topological polar surface area (TPSA) is 64.4 Å². The Kier molecular flexibility index (Phi) is 6.27. The first-order chi connectivity index (χ1) is 14.2. The van der Waals surface area contributed by atoms with Crippen molar-refractivity contribution in [3.63, 3.8) is 0 Å². The van der Waals surface area contributed by atoms with Crippen molar-refractivity contribution in [2.24, 2.45) is 7.05 Å². The van der Waals surface area contributed by atoms with Crippen LogP contribution in [0.25, 0.3) is 11.0 Å². The maximum Gasteiger partial charge on any atom is 0.159 e. The first kappa shape index (κ1) is 19.7. The number of hydrogen-bond acceptors (Lipinski definition) is 6. The predicted octanol–water partition coefficient (Wildman–Crippen LogP) is 3.07. The van der Waals surface area contributed by atoms with Gasteiger partial charge in [-0.1, -0.05) is 12.1 Å². The minimum absolute atomic E-state index is 0.604. The molecule has 1 aliphatic rings. The van der Waals surface area contributed by atoms with Gasteiger partial charge in [0.05, 0.1) is 11.6 Å². The van der Waals surface area contributed by atoms with Gasteiger partial charge >= 0.3 is 0 Å². The molecule has 0 aliphatic carbocycles. The number of aromatic nitrogens is 3. The van der Waals surface area contributed by atoms with Crippen LogP contribution in [0.15, 0.2) is 42.7 Å². The van der Waals surface area contributed by atoms with Gasteiger partial charge in [-0.15, -0.1) is 0 Å². The number of rotatable bonds is 8. The lowest BCUT2D eigenvalue weighted by atomic mass is 10.1. The molecule has 154 valence electrons. The van der Waals surface area contributed by atoms with Crippen molar-refractivity contribution in [3.8, 4) is 5.75 Å². The first-order valence-corrected chi connectivity index (χ1v) is 10.2. The van der Waals surface area contributed by atoms with Gasteiger partial charge in [0.15, 0.2) is 5.65 Å². The molecule has 7 heteroatoms. The molecule has 1 N–H and O–H groups in total. The standard InChI is InChI=1S/C22H29N5O2/c1-26(18-7-11-28-12-8-18)10-13-29-19-5-3-4-17(14-19)15-24-21-6-9-23-22-20(21)16-25-27(22)2/h3-6,9,14,16,18H,7-8,10-13,15H2,1-2H3,(H,23,24). The lowest BCUT2D eigenvalue weighted by Gasteiger charge is -2.31. The number of nitrogens with one attached hydrogen (secondary N) is 1. The van der Waals surface area contributed by atoms with Crippen LogP contribution in [0.4, 0.5) is 5.69 Å². The molecule has 3 heterocycles. The molecule has 4 rings (SSSR count). The van der Waals surface area contributed by atoms with E-state index in [2.05, 4.69) is 39.5 Å². The molecular formula is C22H29N5O2. The minimum atomic E-state index is 0.604. The molecule has 0 amide bonds. The van der Waals surface area contributed by atoms with Crippen LogP contribution in [-0.4, -0.2) is 59.1 Å². The third kappa shape index (κ3) is 4.86. The van der Waals surface area contributed by atoms with Crippen molar-refractivity contribution in [1.29, 1.82) is 0 Å². The summed E-state index contributed by atoms with van der Waals surface area (Å²) in [5, 5.41) is 8.81. The average Bonchev–Trinajstić information content (AvgIpc) is 3.15. The number of anilines is 1. The minimum Gasteiger partial charge on any atom is -0.492 e. The monoisotopic (exact) mass is 395 g/mol. The van der Waals surface area contributed by atoms with Crippen LogP contribution in [0.5, 0.6) is 5.75 Å². The summed E-state index contributed by atoms with van der Waals surface area (Å²) in [4.78, 5) is 6.77. The predicted molar refractivity (Wildman–Crippen MR) is 114 cm³/mol. The quantitative estimate of drug-likeness (QED) is 0.632. The Morgan fingerprint density at radius 2 is 2.14 bits per heavy atom. The zero-order valence-electron chi connectivity index (χ0n) is 17.2. The van der Waals surface area contributed by atoms with Crippen LogP contribution in [-0.2, 0) is 18.3 Å². The summed E-state index contributed by atoms with van der Waals surface area (Å²) < 4.78 is 13.2. The SMILES string of the molecule is CN(CCOc1cccc(CNc2ccnc3c2cnn3C)c1)C1CCOCC1. The summed E-state index contributed by atoms with van der Waals surface area (Å²) in [7, 11) is 4.08.